The van der Waals surface area contributed by atoms with E-state index in [2.05, 4.69) is 0 Å². The highest BCUT2D eigenvalue weighted by molar-refractivity contribution is 7.59. The number of rotatable bonds is 6. The molecule has 1 rings (SSSR count). The maximum Gasteiger partial charge on any atom is 0.413 e. The van der Waals surface area contributed by atoms with Crippen LogP contribution in [0.1, 0.15) is 19.4 Å². The monoisotopic (exact) mass is 263 g/mol. The Labute approximate surface area is 102 Å². The van der Waals surface area contributed by atoms with Crippen LogP contribution in [0.4, 0.5) is 0 Å². The molecule has 0 aliphatic heterocycles. The molecule has 0 aliphatic rings. The average molecular weight is 264 g/mol. The Morgan fingerprint density at radius 3 is 2.25 bits per heavy atom. The zero-order valence-electron chi connectivity index (χ0n) is 9.52. The van der Waals surface area contributed by atoms with E-state index in [-0.39, 0.29) is 0 Å². The maximum atomic E-state index is 10.2. The maximum absolute atomic E-state index is 10.2. The first-order valence-corrected chi connectivity index (χ1v) is 7.38. The van der Waals surface area contributed by atoms with Crippen LogP contribution in [-0.2, 0) is 15.2 Å². The van der Waals surface area contributed by atoms with E-state index >= 15 is 0 Å². The summed E-state index contributed by atoms with van der Waals surface area (Å²) >= 11 is 6.03. The third kappa shape index (κ3) is 4.00. The Hall–Kier alpha value is -0.180. The highest BCUT2D eigenvalue weighted by Gasteiger charge is 2.40. The lowest BCUT2D eigenvalue weighted by atomic mass is 10.2. The Kier molecular flexibility index (Phi) is 5.67. The minimum Gasteiger partial charge on any atom is -0.192 e. The minimum atomic E-state index is -2.80. The van der Waals surface area contributed by atoms with Crippen molar-refractivity contribution in [3.8, 4) is 0 Å². The molecule has 1 aromatic carbocycles. The fourth-order valence-electron chi connectivity index (χ4n) is 1.37. The Bertz CT molecular complexity index is 327. The van der Waals surface area contributed by atoms with Gasteiger partial charge in [-0.15, -0.1) is 0 Å². The molecule has 0 amide bonds. The van der Waals surface area contributed by atoms with Gasteiger partial charge in [0, 0.05) is 10.6 Å². The lowest BCUT2D eigenvalue weighted by Crippen LogP contribution is -2.05. The first-order chi connectivity index (χ1) is 7.61. The van der Waals surface area contributed by atoms with Crippen molar-refractivity contribution in [3.63, 3.8) is 0 Å². The number of benzene rings is 1. The van der Waals surface area contributed by atoms with Gasteiger partial charge in [-0.1, -0.05) is 29.8 Å². The van der Waals surface area contributed by atoms with Gasteiger partial charge in [0.1, 0.15) is 0 Å². The van der Waals surface area contributed by atoms with Crippen LogP contribution < -0.4 is 0 Å². The van der Waals surface area contributed by atoms with E-state index in [1.807, 2.05) is 32.0 Å². The number of hydrogen-bond donors (Lipinski definition) is 1. The largest absolute Gasteiger partial charge is 0.413 e. The molecule has 0 aromatic heterocycles. The molecule has 5 heteroatoms. The van der Waals surface area contributed by atoms with Gasteiger partial charge in [0.05, 0.1) is 13.2 Å². The number of hydrogen-bond acceptors (Lipinski definition) is 3. The highest BCUT2D eigenvalue weighted by atomic mass is 35.5. The van der Waals surface area contributed by atoms with Crippen molar-refractivity contribution >= 4 is 19.5 Å². The topological polar surface area (TPSA) is 38.7 Å². The standard InChI is InChI=1S/C11H17ClO3P/c1-3-14-16(13,15-4-2)9-10-7-5-6-8-11(10)12/h5-8,13H,3-4,9H2,1-2H3/q+1. The van der Waals surface area contributed by atoms with Gasteiger partial charge in [-0.25, -0.2) is 0 Å². The van der Waals surface area contributed by atoms with Crippen LogP contribution in [0.15, 0.2) is 24.3 Å². The molecular weight excluding hydrogens is 247 g/mol. The van der Waals surface area contributed by atoms with Crippen molar-refractivity contribution in [1.82, 2.24) is 0 Å². The average Bonchev–Trinajstić information content (AvgIpc) is 2.22. The van der Waals surface area contributed by atoms with Crippen LogP contribution in [0.2, 0.25) is 5.02 Å². The molecule has 0 aliphatic carbocycles. The van der Waals surface area contributed by atoms with Crippen molar-refractivity contribution < 1.29 is 13.9 Å². The molecule has 0 radical (unpaired) electrons. The van der Waals surface area contributed by atoms with Gasteiger partial charge in [0.25, 0.3) is 0 Å². The summed E-state index contributed by atoms with van der Waals surface area (Å²) in [5.74, 6) is 0. The molecule has 0 bridgehead atoms. The molecule has 3 nitrogen and oxygen atoms in total. The zero-order chi connectivity index (χ0) is 12.0. The van der Waals surface area contributed by atoms with Crippen LogP contribution in [0, 0.1) is 0 Å². The predicted octanol–water partition coefficient (Wildman–Crippen LogP) is 3.67. The SMILES string of the molecule is CCO[P+](O)(Cc1ccccc1Cl)OCC. The highest BCUT2D eigenvalue weighted by Crippen LogP contribution is 2.60. The number of halogens is 1. The molecule has 0 spiro atoms. The minimum absolute atomic E-state index is 0.328. The van der Waals surface area contributed by atoms with Gasteiger partial charge < -0.3 is 0 Å². The molecule has 0 heterocycles. The van der Waals surface area contributed by atoms with Gasteiger partial charge >= 0.3 is 7.94 Å². The third-order valence-corrected chi connectivity index (χ3v) is 4.42. The van der Waals surface area contributed by atoms with Crippen molar-refractivity contribution in [2.24, 2.45) is 0 Å². The second-order valence-electron chi connectivity index (χ2n) is 3.22. The molecule has 0 atom stereocenters. The van der Waals surface area contributed by atoms with Crippen LogP contribution in [0.3, 0.4) is 0 Å². The first kappa shape index (κ1) is 13.9. The van der Waals surface area contributed by atoms with Crippen LogP contribution in [0.5, 0.6) is 0 Å². The second-order valence-corrected chi connectivity index (χ2v) is 5.74. The van der Waals surface area contributed by atoms with Crippen LogP contribution in [0.25, 0.3) is 0 Å². The molecule has 0 unspecified atom stereocenters. The van der Waals surface area contributed by atoms with Crippen molar-refractivity contribution in [2.45, 2.75) is 20.0 Å². The molecular formula is C11H17ClO3P+. The summed E-state index contributed by atoms with van der Waals surface area (Å²) in [4.78, 5) is 10.2. The fourth-order valence-corrected chi connectivity index (χ4v) is 3.44. The Morgan fingerprint density at radius 1 is 1.19 bits per heavy atom. The van der Waals surface area contributed by atoms with E-state index in [0.29, 0.717) is 24.4 Å². The van der Waals surface area contributed by atoms with Crippen LogP contribution >= 0.6 is 19.5 Å². The van der Waals surface area contributed by atoms with E-state index in [0.717, 1.165) is 5.56 Å². The molecule has 16 heavy (non-hydrogen) atoms. The molecule has 0 fully saturated rings. The van der Waals surface area contributed by atoms with E-state index < -0.39 is 7.94 Å². The smallest absolute Gasteiger partial charge is 0.192 e. The summed E-state index contributed by atoms with van der Waals surface area (Å²) in [5, 5.41) is 0.625. The van der Waals surface area contributed by atoms with Gasteiger partial charge in [-0.3, -0.25) is 0 Å². The van der Waals surface area contributed by atoms with Crippen molar-refractivity contribution in [3.05, 3.63) is 34.9 Å². The Balaban J connectivity index is 2.79. The molecule has 0 saturated carbocycles. The lowest BCUT2D eigenvalue weighted by molar-refractivity contribution is 0.188. The van der Waals surface area contributed by atoms with Gasteiger partial charge in [0.2, 0.25) is 0 Å². The normalized spacial score (nSPS) is 11.8. The van der Waals surface area contributed by atoms with E-state index in [4.69, 9.17) is 20.6 Å². The summed E-state index contributed by atoms with van der Waals surface area (Å²) in [5.41, 5.74) is 0.849. The Morgan fingerprint density at radius 2 is 1.75 bits per heavy atom. The summed E-state index contributed by atoms with van der Waals surface area (Å²) in [6, 6.07) is 7.39. The molecule has 1 N–H and O–H groups in total. The summed E-state index contributed by atoms with van der Waals surface area (Å²) < 4.78 is 10.6. The second kappa shape index (κ2) is 6.53. The van der Waals surface area contributed by atoms with Gasteiger partial charge in [-0.05, 0) is 19.9 Å². The molecule has 90 valence electrons. The zero-order valence-corrected chi connectivity index (χ0v) is 11.2. The summed E-state index contributed by atoms with van der Waals surface area (Å²) in [7, 11) is -2.80. The van der Waals surface area contributed by atoms with Crippen LogP contribution in [-0.4, -0.2) is 18.1 Å². The first-order valence-electron chi connectivity index (χ1n) is 5.24. The molecule has 1 aromatic rings. The van der Waals surface area contributed by atoms with E-state index in [1.165, 1.54) is 0 Å². The summed E-state index contributed by atoms with van der Waals surface area (Å²) in [6.45, 7) is 4.51. The summed E-state index contributed by atoms with van der Waals surface area (Å²) in [6.07, 6.45) is 0.328. The van der Waals surface area contributed by atoms with Crippen molar-refractivity contribution in [2.75, 3.05) is 13.2 Å². The van der Waals surface area contributed by atoms with E-state index in [9.17, 15) is 4.89 Å². The van der Waals surface area contributed by atoms with Gasteiger partial charge in [0.15, 0.2) is 6.16 Å². The molecule has 0 saturated heterocycles. The lowest BCUT2D eigenvalue weighted by Gasteiger charge is -2.16. The van der Waals surface area contributed by atoms with Crippen molar-refractivity contribution in [1.29, 1.82) is 0 Å². The predicted molar refractivity (Wildman–Crippen MR) is 67.5 cm³/mol. The van der Waals surface area contributed by atoms with Gasteiger partial charge in [-0.2, -0.15) is 13.9 Å². The third-order valence-electron chi connectivity index (χ3n) is 1.99. The van der Waals surface area contributed by atoms with E-state index in [1.54, 1.807) is 6.07 Å². The fraction of sp³-hybridized carbons (Fsp3) is 0.455. The quantitative estimate of drug-likeness (QED) is 0.796.